The molecule has 10 heteroatoms. The fourth-order valence-corrected chi connectivity index (χ4v) is 7.24. The predicted octanol–water partition coefficient (Wildman–Crippen LogP) is 5.51. The first-order valence-corrected chi connectivity index (χ1v) is 15.2. The highest BCUT2D eigenvalue weighted by molar-refractivity contribution is 8.00. The van der Waals surface area contributed by atoms with Crippen molar-refractivity contribution in [2.75, 3.05) is 22.9 Å². The maximum atomic E-state index is 12.9. The molecule has 3 N–H and O–H groups in total. The Hall–Kier alpha value is -3.91. The fraction of sp³-hybridized carbons (Fsp3) is 0.290. The zero-order valence-corrected chi connectivity index (χ0v) is 24.0. The number of hydrogen-bond donors (Lipinski definition) is 3. The van der Waals surface area contributed by atoms with Gasteiger partial charge in [0.1, 0.15) is 11.1 Å². The molecule has 5 rings (SSSR count). The van der Waals surface area contributed by atoms with Gasteiger partial charge in [0.15, 0.2) is 0 Å². The normalized spacial score (nSPS) is 18.2. The number of rotatable bonds is 9. The second-order valence-corrected chi connectivity index (χ2v) is 12.3. The first-order chi connectivity index (χ1) is 19.9. The van der Waals surface area contributed by atoms with Crippen LogP contribution in [0.3, 0.4) is 0 Å². The Balaban J connectivity index is 1.17. The molecule has 1 aliphatic heterocycles. The van der Waals surface area contributed by atoms with Crippen molar-refractivity contribution >= 4 is 51.6 Å². The molecule has 3 aromatic rings. The SMILES string of the molecule is N#Cc1c(NC(=O)CSc2cccc(NC(=O)C3CC=CCC3C(=O)O)c2)sc2c1CCN(Cc1ccccc1)C2. The van der Waals surface area contributed by atoms with Crippen LogP contribution in [0.2, 0.25) is 0 Å². The van der Waals surface area contributed by atoms with Gasteiger partial charge in [-0.1, -0.05) is 48.6 Å². The molecule has 210 valence electrons. The van der Waals surface area contributed by atoms with Gasteiger partial charge >= 0.3 is 5.97 Å². The van der Waals surface area contributed by atoms with Crippen LogP contribution in [0.25, 0.3) is 0 Å². The van der Waals surface area contributed by atoms with Crippen LogP contribution >= 0.6 is 23.1 Å². The van der Waals surface area contributed by atoms with E-state index < -0.39 is 17.8 Å². The zero-order valence-electron chi connectivity index (χ0n) is 22.3. The minimum atomic E-state index is -0.972. The number of thiophene rings is 1. The van der Waals surface area contributed by atoms with Crippen LogP contribution < -0.4 is 10.6 Å². The third-order valence-electron chi connectivity index (χ3n) is 7.31. The Kier molecular flexibility index (Phi) is 9.19. The van der Waals surface area contributed by atoms with Crippen molar-refractivity contribution in [2.45, 2.75) is 37.2 Å². The van der Waals surface area contributed by atoms with Crippen molar-refractivity contribution in [3.8, 4) is 6.07 Å². The summed E-state index contributed by atoms with van der Waals surface area (Å²) < 4.78 is 0. The number of nitrogens with one attached hydrogen (secondary N) is 2. The summed E-state index contributed by atoms with van der Waals surface area (Å²) in [6.45, 7) is 2.45. The summed E-state index contributed by atoms with van der Waals surface area (Å²) in [5.74, 6) is -2.74. The number of amides is 2. The molecule has 0 radical (unpaired) electrons. The Morgan fingerprint density at radius 3 is 2.59 bits per heavy atom. The largest absolute Gasteiger partial charge is 0.481 e. The van der Waals surface area contributed by atoms with Crippen LogP contribution in [0.4, 0.5) is 10.7 Å². The van der Waals surface area contributed by atoms with E-state index in [0.29, 0.717) is 29.1 Å². The lowest BCUT2D eigenvalue weighted by molar-refractivity contribution is -0.146. The van der Waals surface area contributed by atoms with E-state index in [4.69, 9.17) is 0 Å². The van der Waals surface area contributed by atoms with Gasteiger partial charge in [0.2, 0.25) is 11.8 Å². The van der Waals surface area contributed by atoms with E-state index in [1.54, 1.807) is 24.3 Å². The van der Waals surface area contributed by atoms with E-state index in [1.807, 2.05) is 30.3 Å². The molecule has 1 aliphatic carbocycles. The number of nitrogens with zero attached hydrogens (tertiary/aromatic N) is 2. The van der Waals surface area contributed by atoms with Crippen molar-refractivity contribution in [1.29, 1.82) is 5.26 Å². The molecular formula is C31H30N4O4S2. The van der Waals surface area contributed by atoms with E-state index >= 15 is 0 Å². The number of carboxylic acid groups (broad SMARTS) is 1. The first-order valence-electron chi connectivity index (χ1n) is 13.4. The fourth-order valence-electron chi connectivity index (χ4n) is 5.23. The van der Waals surface area contributed by atoms with Gasteiger partial charge < -0.3 is 15.7 Å². The molecule has 2 heterocycles. The van der Waals surface area contributed by atoms with E-state index in [9.17, 15) is 24.8 Å². The predicted molar refractivity (Wildman–Crippen MR) is 161 cm³/mol. The topological polar surface area (TPSA) is 123 Å². The van der Waals surface area contributed by atoms with Crippen molar-refractivity contribution in [2.24, 2.45) is 11.8 Å². The van der Waals surface area contributed by atoms with Gasteiger partial charge in [-0.2, -0.15) is 5.26 Å². The van der Waals surface area contributed by atoms with Crippen LogP contribution in [0.15, 0.2) is 71.6 Å². The minimum Gasteiger partial charge on any atom is -0.481 e. The van der Waals surface area contributed by atoms with E-state index in [0.717, 1.165) is 41.4 Å². The van der Waals surface area contributed by atoms with Gasteiger partial charge in [0.05, 0.1) is 23.2 Å². The number of aliphatic carboxylic acids is 1. The molecule has 0 saturated carbocycles. The summed E-state index contributed by atoms with van der Waals surface area (Å²) in [7, 11) is 0. The number of thioether (sulfide) groups is 1. The first kappa shape index (κ1) is 28.6. The number of allylic oxidation sites excluding steroid dienone is 2. The number of benzene rings is 2. The number of nitriles is 1. The smallest absolute Gasteiger partial charge is 0.307 e. The lowest BCUT2D eigenvalue weighted by atomic mass is 9.82. The van der Waals surface area contributed by atoms with Gasteiger partial charge in [0.25, 0.3) is 0 Å². The summed E-state index contributed by atoms with van der Waals surface area (Å²) >= 11 is 2.80. The molecule has 41 heavy (non-hydrogen) atoms. The molecule has 8 nitrogen and oxygen atoms in total. The summed E-state index contributed by atoms with van der Waals surface area (Å²) in [6, 6.07) is 19.8. The van der Waals surface area contributed by atoms with E-state index in [2.05, 4.69) is 33.7 Å². The van der Waals surface area contributed by atoms with Gasteiger partial charge in [-0.3, -0.25) is 19.3 Å². The van der Waals surface area contributed by atoms with Gasteiger partial charge in [-0.15, -0.1) is 23.1 Å². The van der Waals surface area contributed by atoms with Crippen molar-refractivity contribution < 1.29 is 19.5 Å². The second kappa shape index (κ2) is 13.2. The molecule has 0 bridgehead atoms. The van der Waals surface area contributed by atoms with Gasteiger partial charge in [0, 0.05) is 35.1 Å². The van der Waals surface area contributed by atoms with Crippen LogP contribution in [0, 0.1) is 23.2 Å². The standard InChI is InChI=1S/C31H30N4O4S2/c32-16-26-23-13-14-35(17-20-7-2-1-3-8-20)18-27(23)41-30(26)34-28(36)19-40-22-10-6-9-21(15-22)33-29(37)24-11-4-5-12-25(24)31(38)39/h1-10,15,24-25H,11-14,17-19H2,(H,33,37)(H,34,36)(H,38,39). The molecule has 2 unspecified atom stereocenters. The Morgan fingerprint density at radius 1 is 1.05 bits per heavy atom. The summed E-state index contributed by atoms with van der Waals surface area (Å²) in [5.41, 5.74) is 3.39. The minimum absolute atomic E-state index is 0.138. The highest BCUT2D eigenvalue weighted by Crippen LogP contribution is 2.37. The molecule has 1 aromatic heterocycles. The summed E-state index contributed by atoms with van der Waals surface area (Å²) in [5, 5.41) is 25.7. The molecule has 0 saturated heterocycles. The maximum absolute atomic E-state index is 12.9. The van der Waals surface area contributed by atoms with Crippen molar-refractivity contribution in [3.63, 3.8) is 0 Å². The second-order valence-electron chi connectivity index (χ2n) is 10.1. The molecule has 2 amide bonds. The number of hydrogen-bond acceptors (Lipinski definition) is 7. The molecular weight excluding hydrogens is 556 g/mol. The third-order valence-corrected chi connectivity index (χ3v) is 9.43. The Morgan fingerprint density at radius 2 is 1.83 bits per heavy atom. The van der Waals surface area contributed by atoms with Crippen LogP contribution in [0.1, 0.15) is 34.4 Å². The third kappa shape index (κ3) is 7.06. The van der Waals surface area contributed by atoms with E-state index in [-0.39, 0.29) is 17.6 Å². The Bertz CT molecular complexity index is 1510. The summed E-state index contributed by atoms with van der Waals surface area (Å²) in [4.78, 5) is 41.5. The van der Waals surface area contributed by atoms with Crippen molar-refractivity contribution in [1.82, 2.24) is 4.90 Å². The number of carbonyl (C=O) groups excluding carboxylic acids is 2. The number of carbonyl (C=O) groups is 3. The Labute approximate surface area is 247 Å². The molecule has 2 aliphatic rings. The maximum Gasteiger partial charge on any atom is 0.307 e. The molecule has 2 atom stereocenters. The summed E-state index contributed by atoms with van der Waals surface area (Å²) in [6.07, 6.45) is 5.15. The van der Waals surface area contributed by atoms with Crippen LogP contribution in [-0.2, 0) is 33.9 Å². The molecule has 2 aromatic carbocycles. The monoisotopic (exact) mass is 586 g/mol. The average molecular weight is 587 g/mol. The lowest BCUT2D eigenvalue weighted by Gasteiger charge is -2.26. The number of anilines is 2. The van der Waals surface area contributed by atoms with E-state index in [1.165, 1.54) is 28.7 Å². The average Bonchev–Trinajstić information content (AvgIpc) is 3.32. The van der Waals surface area contributed by atoms with Crippen LogP contribution in [-0.4, -0.2) is 40.1 Å². The highest BCUT2D eigenvalue weighted by atomic mass is 32.2. The number of carboxylic acids is 1. The quantitative estimate of drug-likeness (QED) is 0.223. The molecule has 0 fully saturated rings. The van der Waals surface area contributed by atoms with Gasteiger partial charge in [-0.05, 0) is 48.6 Å². The number of fused-ring (bicyclic) bond motifs is 1. The van der Waals surface area contributed by atoms with Gasteiger partial charge in [-0.25, -0.2) is 0 Å². The lowest BCUT2D eigenvalue weighted by Crippen LogP contribution is -2.34. The van der Waals surface area contributed by atoms with Crippen molar-refractivity contribution in [3.05, 3.63) is 88.3 Å². The highest BCUT2D eigenvalue weighted by Gasteiger charge is 2.34. The van der Waals surface area contributed by atoms with Crippen LogP contribution in [0.5, 0.6) is 0 Å². The zero-order chi connectivity index (χ0) is 28.8. The molecule has 0 spiro atoms.